The molecule has 20 heavy (non-hydrogen) atoms. The van der Waals surface area contributed by atoms with E-state index in [4.69, 9.17) is 10.6 Å². The second kappa shape index (κ2) is 6.83. The Bertz CT molecular complexity index is 559. The van der Waals surface area contributed by atoms with Crippen LogP contribution >= 0.6 is 11.3 Å². The highest BCUT2D eigenvalue weighted by Crippen LogP contribution is 2.30. The zero-order valence-corrected chi connectivity index (χ0v) is 12.9. The van der Waals surface area contributed by atoms with Gasteiger partial charge in [0, 0.05) is 19.7 Å². The van der Waals surface area contributed by atoms with Gasteiger partial charge in [-0.15, -0.1) is 11.3 Å². The van der Waals surface area contributed by atoms with Crippen LogP contribution in [0.3, 0.4) is 0 Å². The fraction of sp³-hybridized carbons (Fsp3) is 0.538. The number of hydrogen-bond acceptors (Lipinski definition) is 7. The summed E-state index contributed by atoms with van der Waals surface area (Å²) in [6.45, 7) is 5.80. The van der Waals surface area contributed by atoms with E-state index >= 15 is 0 Å². The molecule has 2 heterocycles. The van der Waals surface area contributed by atoms with Crippen molar-refractivity contribution in [3.63, 3.8) is 0 Å². The maximum atomic E-state index is 5.47. The molecule has 0 aliphatic carbocycles. The van der Waals surface area contributed by atoms with Crippen LogP contribution in [0.5, 0.6) is 0 Å². The van der Waals surface area contributed by atoms with Gasteiger partial charge in [-0.3, -0.25) is 5.43 Å². The standard InChI is InChI=1S/C13H21N5OS/c1-4-9(2)18(6-7-19-3)11-10-5-8-20-12(10)16-13(15-11)17-14/h5,8-9H,4,6-7,14H2,1-3H3,(H,15,16,17). The zero-order chi connectivity index (χ0) is 14.5. The molecule has 0 aromatic carbocycles. The summed E-state index contributed by atoms with van der Waals surface area (Å²) in [6.07, 6.45) is 1.03. The van der Waals surface area contributed by atoms with Crippen molar-refractivity contribution >= 4 is 33.3 Å². The van der Waals surface area contributed by atoms with Crippen molar-refractivity contribution in [1.29, 1.82) is 0 Å². The van der Waals surface area contributed by atoms with Crippen molar-refractivity contribution in [2.45, 2.75) is 26.3 Å². The number of hydrogen-bond donors (Lipinski definition) is 2. The molecule has 2 rings (SSSR count). The molecule has 1 unspecified atom stereocenters. The number of anilines is 2. The van der Waals surface area contributed by atoms with Crippen LogP contribution in [0.2, 0.25) is 0 Å². The number of fused-ring (bicyclic) bond motifs is 1. The third-order valence-corrected chi connectivity index (χ3v) is 4.17. The van der Waals surface area contributed by atoms with Gasteiger partial charge in [-0.05, 0) is 24.8 Å². The van der Waals surface area contributed by atoms with Gasteiger partial charge < -0.3 is 9.64 Å². The number of nitrogens with two attached hydrogens (primary N) is 1. The molecule has 1 atom stereocenters. The summed E-state index contributed by atoms with van der Waals surface area (Å²) < 4.78 is 5.22. The largest absolute Gasteiger partial charge is 0.383 e. The molecule has 0 aliphatic rings. The van der Waals surface area contributed by atoms with Crippen LogP contribution in [0.4, 0.5) is 11.8 Å². The maximum absolute atomic E-state index is 5.47. The van der Waals surface area contributed by atoms with Gasteiger partial charge in [0.2, 0.25) is 5.95 Å². The van der Waals surface area contributed by atoms with Gasteiger partial charge in [0.25, 0.3) is 0 Å². The topological polar surface area (TPSA) is 76.3 Å². The lowest BCUT2D eigenvalue weighted by Gasteiger charge is -2.30. The van der Waals surface area contributed by atoms with Gasteiger partial charge in [-0.2, -0.15) is 4.98 Å². The first-order chi connectivity index (χ1) is 9.71. The van der Waals surface area contributed by atoms with E-state index in [2.05, 4.69) is 40.2 Å². The number of methoxy groups -OCH3 is 1. The minimum absolute atomic E-state index is 0.369. The predicted octanol–water partition coefficient (Wildman–Crippen LogP) is 2.23. The van der Waals surface area contributed by atoms with E-state index < -0.39 is 0 Å². The summed E-state index contributed by atoms with van der Waals surface area (Å²) in [5, 5.41) is 3.08. The van der Waals surface area contributed by atoms with E-state index in [1.807, 2.05) is 5.38 Å². The predicted molar refractivity (Wildman–Crippen MR) is 84.2 cm³/mol. The number of nitrogen functional groups attached to an aromatic ring is 1. The number of rotatable bonds is 7. The molecule has 0 saturated carbocycles. The van der Waals surface area contributed by atoms with Crippen molar-refractivity contribution in [2.24, 2.45) is 5.84 Å². The van der Waals surface area contributed by atoms with Crippen LogP contribution in [0.15, 0.2) is 11.4 Å². The Morgan fingerprint density at radius 1 is 1.50 bits per heavy atom. The van der Waals surface area contributed by atoms with Gasteiger partial charge in [0.1, 0.15) is 10.6 Å². The molecule has 0 fully saturated rings. The van der Waals surface area contributed by atoms with Crippen LogP contribution in [0, 0.1) is 0 Å². The summed E-state index contributed by atoms with van der Waals surface area (Å²) in [7, 11) is 1.71. The average Bonchev–Trinajstić information content (AvgIpc) is 2.95. The van der Waals surface area contributed by atoms with Gasteiger partial charge in [-0.25, -0.2) is 10.8 Å². The number of aromatic nitrogens is 2. The molecule has 0 saturated heterocycles. The Morgan fingerprint density at radius 2 is 2.30 bits per heavy atom. The van der Waals surface area contributed by atoms with E-state index in [1.54, 1.807) is 18.4 Å². The van der Waals surface area contributed by atoms with Crippen molar-refractivity contribution in [3.8, 4) is 0 Å². The van der Waals surface area contributed by atoms with Crippen LogP contribution in [-0.2, 0) is 4.74 Å². The Morgan fingerprint density at radius 3 is 2.95 bits per heavy atom. The first-order valence-corrected chi connectivity index (χ1v) is 7.56. The minimum atomic E-state index is 0.369. The molecule has 6 nitrogen and oxygen atoms in total. The lowest BCUT2D eigenvalue weighted by molar-refractivity contribution is 0.203. The molecule has 2 aromatic rings. The van der Waals surface area contributed by atoms with Gasteiger partial charge in [0.05, 0.1) is 12.0 Å². The second-order valence-electron chi connectivity index (χ2n) is 4.60. The van der Waals surface area contributed by atoms with Crippen LogP contribution in [0.25, 0.3) is 10.2 Å². The van der Waals surface area contributed by atoms with Crippen molar-refractivity contribution in [1.82, 2.24) is 9.97 Å². The lowest BCUT2D eigenvalue weighted by atomic mass is 10.2. The summed E-state index contributed by atoms with van der Waals surface area (Å²) in [6, 6.07) is 2.42. The molecule has 0 spiro atoms. The summed E-state index contributed by atoms with van der Waals surface area (Å²) in [5.74, 6) is 6.83. The molecule has 7 heteroatoms. The first-order valence-electron chi connectivity index (χ1n) is 6.68. The molecule has 0 aliphatic heterocycles. The number of nitrogens with zero attached hydrogens (tertiary/aromatic N) is 3. The highest BCUT2D eigenvalue weighted by molar-refractivity contribution is 7.16. The van der Waals surface area contributed by atoms with E-state index in [-0.39, 0.29) is 0 Å². The Labute approximate surface area is 122 Å². The zero-order valence-electron chi connectivity index (χ0n) is 12.1. The fourth-order valence-corrected chi connectivity index (χ4v) is 2.83. The number of ether oxygens (including phenoxy) is 1. The van der Waals surface area contributed by atoms with Crippen molar-refractivity contribution in [2.75, 3.05) is 30.6 Å². The molecule has 0 amide bonds. The number of thiophene rings is 1. The number of nitrogens with one attached hydrogen (secondary N) is 1. The normalized spacial score (nSPS) is 12.6. The van der Waals surface area contributed by atoms with Gasteiger partial charge in [0.15, 0.2) is 0 Å². The minimum Gasteiger partial charge on any atom is -0.383 e. The molecule has 2 aromatic heterocycles. The Balaban J connectivity index is 2.47. The maximum Gasteiger partial charge on any atom is 0.240 e. The summed E-state index contributed by atoms with van der Waals surface area (Å²) in [4.78, 5) is 12.1. The van der Waals surface area contributed by atoms with Crippen LogP contribution < -0.4 is 16.2 Å². The quantitative estimate of drug-likeness (QED) is 0.602. The monoisotopic (exact) mass is 295 g/mol. The Hall–Kier alpha value is -1.44. The number of hydrazine groups is 1. The molecule has 3 N–H and O–H groups in total. The smallest absolute Gasteiger partial charge is 0.240 e. The van der Waals surface area contributed by atoms with Crippen molar-refractivity contribution < 1.29 is 4.74 Å². The third-order valence-electron chi connectivity index (χ3n) is 3.37. The van der Waals surface area contributed by atoms with Crippen LogP contribution in [-0.4, -0.2) is 36.3 Å². The van der Waals surface area contributed by atoms with E-state index in [1.165, 1.54) is 0 Å². The Kier molecular flexibility index (Phi) is 5.11. The fourth-order valence-electron chi connectivity index (χ4n) is 2.07. The average molecular weight is 295 g/mol. The third kappa shape index (κ3) is 3.00. The summed E-state index contributed by atoms with van der Waals surface area (Å²) >= 11 is 1.59. The lowest BCUT2D eigenvalue weighted by Crippen LogP contribution is -2.36. The highest BCUT2D eigenvalue weighted by Gasteiger charge is 2.19. The molecular weight excluding hydrogens is 274 g/mol. The molecule has 0 radical (unpaired) electrons. The van der Waals surface area contributed by atoms with Gasteiger partial charge in [-0.1, -0.05) is 6.92 Å². The van der Waals surface area contributed by atoms with E-state index in [9.17, 15) is 0 Å². The van der Waals surface area contributed by atoms with Gasteiger partial charge >= 0.3 is 0 Å². The van der Waals surface area contributed by atoms with E-state index in [0.29, 0.717) is 18.6 Å². The summed E-state index contributed by atoms with van der Waals surface area (Å²) in [5.41, 5.74) is 2.54. The molecular formula is C13H21N5OS. The van der Waals surface area contributed by atoms with Crippen molar-refractivity contribution in [3.05, 3.63) is 11.4 Å². The molecule has 0 bridgehead atoms. The van der Waals surface area contributed by atoms with E-state index in [0.717, 1.165) is 29.0 Å². The molecule has 110 valence electrons. The SMILES string of the molecule is CCC(C)N(CCOC)c1nc(NN)nc2sccc12. The first kappa shape index (κ1) is 15.0. The second-order valence-corrected chi connectivity index (χ2v) is 5.49. The van der Waals surface area contributed by atoms with Crippen LogP contribution in [0.1, 0.15) is 20.3 Å². The highest BCUT2D eigenvalue weighted by atomic mass is 32.1.